The normalized spacial score (nSPS) is 9.80. The minimum atomic E-state index is 0.474. The molecule has 3 nitrogen and oxygen atoms in total. The lowest BCUT2D eigenvalue weighted by atomic mass is 10.1. The average molecular weight is 273 g/mol. The van der Waals surface area contributed by atoms with Crippen LogP contribution in [-0.2, 0) is 11.2 Å². The Labute approximate surface area is 97.5 Å². The van der Waals surface area contributed by atoms with Gasteiger partial charge in [-0.05, 0) is 18.6 Å². The lowest BCUT2D eigenvalue weighted by Gasteiger charge is -2.13. The van der Waals surface area contributed by atoms with Gasteiger partial charge in [-0.1, -0.05) is 15.9 Å². The van der Waals surface area contributed by atoms with E-state index in [1.54, 1.807) is 14.2 Å². The van der Waals surface area contributed by atoms with E-state index in [9.17, 15) is 4.79 Å². The van der Waals surface area contributed by atoms with Crippen LogP contribution in [0.1, 0.15) is 12.0 Å². The Morgan fingerprint density at radius 3 is 2.60 bits per heavy atom. The molecule has 0 bridgehead atoms. The molecular formula is C11H13BrO3. The Morgan fingerprint density at radius 1 is 1.33 bits per heavy atom. The molecular weight excluding hydrogens is 260 g/mol. The van der Waals surface area contributed by atoms with Crippen molar-refractivity contribution in [1.82, 2.24) is 0 Å². The SMILES string of the molecule is COc1ccc(Br)c(CCC=O)c1OC. The molecule has 0 amide bonds. The van der Waals surface area contributed by atoms with E-state index in [-0.39, 0.29) is 0 Å². The van der Waals surface area contributed by atoms with Gasteiger partial charge < -0.3 is 14.3 Å². The summed E-state index contributed by atoms with van der Waals surface area (Å²) in [7, 11) is 3.18. The van der Waals surface area contributed by atoms with Gasteiger partial charge in [0.2, 0.25) is 0 Å². The van der Waals surface area contributed by atoms with Crippen LogP contribution in [0.3, 0.4) is 0 Å². The average Bonchev–Trinajstić information content (AvgIpc) is 2.27. The van der Waals surface area contributed by atoms with Gasteiger partial charge >= 0.3 is 0 Å². The lowest BCUT2D eigenvalue weighted by molar-refractivity contribution is -0.107. The number of aldehydes is 1. The van der Waals surface area contributed by atoms with Crippen LogP contribution < -0.4 is 9.47 Å². The number of hydrogen-bond acceptors (Lipinski definition) is 3. The van der Waals surface area contributed by atoms with E-state index in [1.807, 2.05) is 12.1 Å². The third-order valence-corrected chi connectivity index (χ3v) is 2.85. The zero-order valence-electron chi connectivity index (χ0n) is 8.75. The summed E-state index contributed by atoms with van der Waals surface area (Å²) in [4.78, 5) is 10.4. The zero-order valence-corrected chi connectivity index (χ0v) is 10.3. The predicted molar refractivity (Wildman–Crippen MR) is 61.6 cm³/mol. The van der Waals surface area contributed by atoms with E-state index >= 15 is 0 Å². The Balaban J connectivity index is 3.13. The highest BCUT2D eigenvalue weighted by Gasteiger charge is 2.12. The minimum Gasteiger partial charge on any atom is -0.493 e. The summed E-state index contributed by atoms with van der Waals surface area (Å²) in [5, 5.41) is 0. The summed E-state index contributed by atoms with van der Waals surface area (Å²) in [5.74, 6) is 1.37. The molecule has 0 saturated carbocycles. The van der Waals surface area contributed by atoms with Crippen LogP contribution in [-0.4, -0.2) is 20.5 Å². The van der Waals surface area contributed by atoms with E-state index in [0.29, 0.717) is 24.3 Å². The van der Waals surface area contributed by atoms with Crippen molar-refractivity contribution >= 4 is 22.2 Å². The van der Waals surface area contributed by atoms with Crippen molar-refractivity contribution in [3.8, 4) is 11.5 Å². The predicted octanol–water partition coefficient (Wildman–Crippen LogP) is 2.60. The van der Waals surface area contributed by atoms with Gasteiger partial charge in [0.15, 0.2) is 11.5 Å². The van der Waals surface area contributed by atoms with Crippen molar-refractivity contribution in [3.05, 3.63) is 22.2 Å². The van der Waals surface area contributed by atoms with E-state index in [2.05, 4.69) is 15.9 Å². The molecule has 0 fully saturated rings. The molecule has 0 aromatic heterocycles. The summed E-state index contributed by atoms with van der Waals surface area (Å²) >= 11 is 3.43. The van der Waals surface area contributed by atoms with Gasteiger partial charge in [0.1, 0.15) is 6.29 Å². The first kappa shape index (κ1) is 12.0. The molecule has 0 aliphatic heterocycles. The van der Waals surface area contributed by atoms with Crippen molar-refractivity contribution < 1.29 is 14.3 Å². The summed E-state index contributed by atoms with van der Waals surface area (Å²) in [6.07, 6.45) is 2.01. The van der Waals surface area contributed by atoms with E-state index in [4.69, 9.17) is 9.47 Å². The van der Waals surface area contributed by atoms with Gasteiger partial charge in [-0.15, -0.1) is 0 Å². The molecule has 0 spiro atoms. The highest BCUT2D eigenvalue weighted by molar-refractivity contribution is 9.10. The maximum atomic E-state index is 10.4. The van der Waals surface area contributed by atoms with Gasteiger partial charge in [0, 0.05) is 16.5 Å². The van der Waals surface area contributed by atoms with Gasteiger partial charge in [-0.2, -0.15) is 0 Å². The van der Waals surface area contributed by atoms with Crippen LogP contribution in [0.15, 0.2) is 16.6 Å². The second-order valence-electron chi connectivity index (χ2n) is 2.97. The Bertz CT molecular complexity index is 350. The lowest BCUT2D eigenvalue weighted by Crippen LogP contribution is -1.97. The van der Waals surface area contributed by atoms with Gasteiger partial charge in [-0.3, -0.25) is 0 Å². The highest BCUT2D eigenvalue weighted by atomic mass is 79.9. The van der Waals surface area contributed by atoms with Crippen molar-refractivity contribution in [2.75, 3.05) is 14.2 Å². The van der Waals surface area contributed by atoms with Crippen LogP contribution >= 0.6 is 15.9 Å². The van der Waals surface area contributed by atoms with Crippen LogP contribution in [0.2, 0.25) is 0 Å². The molecule has 1 rings (SSSR count). The first-order valence-corrected chi connectivity index (χ1v) is 5.36. The van der Waals surface area contributed by atoms with Crippen molar-refractivity contribution in [1.29, 1.82) is 0 Å². The van der Waals surface area contributed by atoms with Gasteiger partial charge in [-0.25, -0.2) is 0 Å². The zero-order chi connectivity index (χ0) is 11.3. The van der Waals surface area contributed by atoms with Gasteiger partial charge in [0.25, 0.3) is 0 Å². The van der Waals surface area contributed by atoms with Crippen LogP contribution in [0.4, 0.5) is 0 Å². The number of rotatable bonds is 5. The number of benzene rings is 1. The first-order chi connectivity index (χ1) is 7.24. The van der Waals surface area contributed by atoms with E-state index in [1.165, 1.54) is 0 Å². The van der Waals surface area contributed by atoms with Gasteiger partial charge in [0.05, 0.1) is 14.2 Å². The highest BCUT2D eigenvalue weighted by Crippen LogP contribution is 2.36. The van der Waals surface area contributed by atoms with E-state index in [0.717, 1.165) is 16.3 Å². The molecule has 0 saturated heterocycles. The number of carbonyl (C=O) groups is 1. The van der Waals surface area contributed by atoms with Crippen molar-refractivity contribution in [2.24, 2.45) is 0 Å². The van der Waals surface area contributed by atoms with Crippen molar-refractivity contribution in [2.45, 2.75) is 12.8 Å². The quantitative estimate of drug-likeness (QED) is 0.773. The maximum absolute atomic E-state index is 10.4. The number of carbonyl (C=O) groups excluding carboxylic acids is 1. The maximum Gasteiger partial charge on any atom is 0.165 e. The number of ether oxygens (including phenoxy) is 2. The first-order valence-electron chi connectivity index (χ1n) is 4.57. The smallest absolute Gasteiger partial charge is 0.165 e. The molecule has 0 atom stereocenters. The fourth-order valence-corrected chi connectivity index (χ4v) is 1.91. The van der Waals surface area contributed by atoms with Crippen molar-refractivity contribution in [3.63, 3.8) is 0 Å². The molecule has 0 radical (unpaired) electrons. The molecule has 4 heteroatoms. The summed E-state index contributed by atoms with van der Waals surface area (Å²) in [6.45, 7) is 0. The topological polar surface area (TPSA) is 35.5 Å². The number of hydrogen-bond donors (Lipinski definition) is 0. The fourth-order valence-electron chi connectivity index (χ4n) is 1.40. The third kappa shape index (κ3) is 2.72. The molecule has 82 valence electrons. The Morgan fingerprint density at radius 2 is 2.07 bits per heavy atom. The third-order valence-electron chi connectivity index (χ3n) is 2.10. The summed E-state index contributed by atoms with van der Waals surface area (Å²) in [5.41, 5.74) is 0.962. The summed E-state index contributed by atoms with van der Waals surface area (Å²) < 4.78 is 11.4. The molecule has 0 heterocycles. The molecule has 0 aliphatic rings. The van der Waals surface area contributed by atoms with Crippen LogP contribution in [0.5, 0.6) is 11.5 Å². The van der Waals surface area contributed by atoms with E-state index < -0.39 is 0 Å². The summed E-state index contributed by atoms with van der Waals surface area (Å²) in [6, 6.07) is 3.72. The molecule has 1 aromatic rings. The van der Waals surface area contributed by atoms with Crippen LogP contribution in [0.25, 0.3) is 0 Å². The van der Waals surface area contributed by atoms with Crippen LogP contribution in [0, 0.1) is 0 Å². The number of methoxy groups -OCH3 is 2. The largest absolute Gasteiger partial charge is 0.493 e. The second kappa shape index (κ2) is 5.75. The fraction of sp³-hybridized carbons (Fsp3) is 0.364. The standard InChI is InChI=1S/C11H13BrO3/c1-14-10-6-5-9(12)8(4-3-7-13)11(10)15-2/h5-7H,3-4H2,1-2H3. The second-order valence-corrected chi connectivity index (χ2v) is 3.82. The minimum absolute atomic E-state index is 0.474. The monoisotopic (exact) mass is 272 g/mol. The molecule has 15 heavy (non-hydrogen) atoms. The Hall–Kier alpha value is -1.03. The molecule has 0 N–H and O–H groups in total. The molecule has 0 unspecified atom stereocenters. The Kier molecular flexibility index (Phi) is 4.62. The number of halogens is 1. The molecule has 0 aliphatic carbocycles. The molecule has 1 aromatic carbocycles.